The van der Waals surface area contributed by atoms with Gasteiger partial charge in [0, 0.05) is 22.5 Å². The molecule has 0 fully saturated rings. The van der Waals surface area contributed by atoms with Crippen molar-refractivity contribution in [2.45, 2.75) is 39.3 Å². The number of halogens is 2. The van der Waals surface area contributed by atoms with Crippen molar-refractivity contribution >= 4 is 27.5 Å². The Kier molecular flexibility index (Phi) is 8.05. The van der Waals surface area contributed by atoms with Crippen LogP contribution in [0.5, 0.6) is 0 Å². The average molecular weight is 415 g/mol. The molecule has 0 aliphatic carbocycles. The van der Waals surface area contributed by atoms with Crippen LogP contribution >= 0.6 is 0 Å². The lowest BCUT2D eigenvalue weighted by Gasteiger charge is -2.04. The van der Waals surface area contributed by atoms with Crippen molar-refractivity contribution in [3.05, 3.63) is 59.2 Å². The lowest BCUT2D eigenvalue weighted by molar-refractivity contribution is 0.627. The minimum atomic E-state index is -1.42. The molecule has 2 rings (SSSR count). The molecule has 0 aliphatic heterocycles. The van der Waals surface area contributed by atoms with Crippen LogP contribution in [0.15, 0.2) is 36.4 Å². The molecule has 0 aliphatic rings. The summed E-state index contributed by atoms with van der Waals surface area (Å²) in [6.07, 6.45) is 0. The quantitative estimate of drug-likeness (QED) is 0.350. The standard InChI is InChI=1S/2C11H14FNSi/c2*1-14(2,3)7-6-9-8-10(12)4-5-11(9)13/h2*4-5,8H,13H2,1-3H3. The summed E-state index contributed by atoms with van der Waals surface area (Å²) < 4.78 is 25.7. The van der Waals surface area contributed by atoms with E-state index in [4.69, 9.17) is 11.5 Å². The van der Waals surface area contributed by atoms with Crippen LogP contribution in [0.1, 0.15) is 11.1 Å². The largest absolute Gasteiger partial charge is 0.398 e. The predicted octanol–water partition coefficient (Wildman–Crippen LogP) is 5.27. The number of anilines is 2. The molecule has 148 valence electrons. The van der Waals surface area contributed by atoms with Crippen LogP contribution < -0.4 is 11.5 Å². The highest BCUT2D eigenvalue weighted by atomic mass is 28.3. The third-order valence-electron chi connectivity index (χ3n) is 3.18. The molecule has 4 N–H and O–H groups in total. The highest BCUT2D eigenvalue weighted by Gasteiger charge is 2.08. The SMILES string of the molecule is C[Si](C)(C)C#Cc1cc(F)ccc1N.C[Si](C)(C)C#Cc1cc(F)ccc1N. The highest BCUT2D eigenvalue weighted by molar-refractivity contribution is 6.84. The fourth-order valence-electron chi connectivity index (χ4n) is 1.78. The molecule has 0 bridgehead atoms. The lowest BCUT2D eigenvalue weighted by atomic mass is 10.2. The van der Waals surface area contributed by atoms with Crippen molar-refractivity contribution in [2.75, 3.05) is 11.5 Å². The summed E-state index contributed by atoms with van der Waals surface area (Å²) in [5, 5.41) is 0. The molecular weight excluding hydrogens is 386 g/mol. The van der Waals surface area contributed by atoms with Gasteiger partial charge in [-0.3, -0.25) is 0 Å². The van der Waals surface area contributed by atoms with E-state index in [2.05, 4.69) is 62.2 Å². The fourth-order valence-corrected chi connectivity index (χ4v) is 2.80. The third-order valence-corrected chi connectivity index (χ3v) is 4.93. The first-order valence-electron chi connectivity index (χ1n) is 8.93. The van der Waals surface area contributed by atoms with Gasteiger partial charge < -0.3 is 11.5 Å². The fraction of sp³-hybridized carbons (Fsp3) is 0.273. The second-order valence-corrected chi connectivity index (χ2v) is 18.0. The number of hydrogen-bond donors (Lipinski definition) is 2. The van der Waals surface area contributed by atoms with Gasteiger partial charge in [-0.05, 0) is 36.4 Å². The Morgan fingerprint density at radius 2 is 0.964 bits per heavy atom. The first-order chi connectivity index (χ1) is 12.8. The van der Waals surface area contributed by atoms with Gasteiger partial charge in [-0.15, -0.1) is 11.1 Å². The molecule has 2 aromatic carbocycles. The van der Waals surface area contributed by atoms with Gasteiger partial charge in [-0.1, -0.05) is 51.1 Å². The van der Waals surface area contributed by atoms with Crippen LogP contribution in [-0.2, 0) is 0 Å². The molecule has 0 radical (unpaired) electrons. The van der Waals surface area contributed by atoms with E-state index in [0.717, 1.165) is 0 Å². The van der Waals surface area contributed by atoms with Gasteiger partial charge in [0.2, 0.25) is 0 Å². The first kappa shape index (κ1) is 23.5. The summed E-state index contributed by atoms with van der Waals surface area (Å²) in [5.41, 5.74) is 19.9. The van der Waals surface area contributed by atoms with Gasteiger partial charge in [0.05, 0.1) is 0 Å². The van der Waals surface area contributed by atoms with Crippen molar-refractivity contribution in [1.82, 2.24) is 0 Å². The maximum atomic E-state index is 12.9. The maximum absolute atomic E-state index is 12.9. The Morgan fingerprint density at radius 1 is 0.643 bits per heavy atom. The minimum absolute atomic E-state index is 0.293. The molecule has 2 aromatic rings. The van der Waals surface area contributed by atoms with Crippen LogP contribution in [0, 0.1) is 34.6 Å². The second-order valence-electron chi connectivity index (χ2n) is 8.46. The van der Waals surface area contributed by atoms with Gasteiger partial charge >= 0.3 is 0 Å². The number of benzene rings is 2. The smallest absolute Gasteiger partial charge is 0.129 e. The van der Waals surface area contributed by atoms with Gasteiger partial charge in [-0.25, -0.2) is 8.78 Å². The van der Waals surface area contributed by atoms with E-state index in [0.29, 0.717) is 22.5 Å². The van der Waals surface area contributed by atoms with Gasteiger partial charge in [0.15, 0.2) is 0 Å². The molecule has 2 nitrogen and oxygen atoms in total. The van der Waals surface area contributed by atoms with Gasteiger partial charge in [0.25, 0.3) is 0 Å². The molecule has 0 aromatic heterocycles. The molecule has 0 saturated carbocycles. The summed E-state index contributed by atoms with van der Waals surface area (Å²) in [5.74, 6) is 5.30. The van der Waals surface area contributed by atoms with E-state index >= 15 is 0 Å². The van der Waals surface area contributed by atoms with Crippen LogP contribution in [0.4, 0.5) is 20.2 Å². The number of rotatable bonds is 0. The van der Waals surface area contributed by atoms with E-state index in [9.17, 15) is 8.78 Å². The second kappa shape index (κ2) is 9.59. The third kappa shape index (κ3) is 9.41. The van der Waals surface area contributed by atoms with Crippen molar-refractivity contribution in [2.24, 2.45) is 0 Å². The highest BCUT2D eigenvalue weighted by Crippen LogP contribution is 2.13. The minimum Gasteiger partial charge on any atom is -0.398 e. The van der Waals surface area contributed by atoms with Gasteiger partial charge in [0.1, 0.15) is 27.8 Å². The number of nitrogen functional groups attached to an aromatic ring is 2. The molecule has 0 unspecified atom stereocenters. The van der Waals surface area contributed by atoms with E-state index in [-0.39, 0.29) is 11.6 Å². The zero-order valence-electron chi connectivity index (χ0n) is 17.4. The van der Waals surface area contributed by atoms with Crippen LogP contribution in [-0.4, -0.2) is 16.1 Å². The van der Waals surface area contributed by atoms with E-state index < -0.39 is 16.1 Å². The Labute approximate surface area is 169 Å². The van der Waals surface area contributed by atoms with E-state index in [1.807, 2.05) is 0 Å². The monoisotopic (exact) mass is 414 g/mol. The summed E-state index contributed by atoms with van der Waals surface area (Å²) in [4.78, 5) is 0. The normalized spacial score (nSPS) is 10.6. The van der Waals surface area contributed by atoms with Crippen molar-refractivity contribution in [3.8, 4) is 22.9 Å². The summed E-state index contributed by atoms with van der Waals surface area (Å²) >= 11 is 0. The molecule has 0 amide bonds. The van der Waals surface area contributed by atoms with Gasteiger partial charge in [-0.2, -0.15) is 0 Å². The predicted molar refractivity (Wildman–Crippen MR) is 122 cm³/mol. The Morgan fingerprint density at radius 3 is 1.25 bits per heavy atom. The molecule has 28 heavy (non-hydrogen) atoms. The van der Waals surface area contributed by atoms with E-state index in [1.54, 1.807) is 12.1 Å². The Hall–Kier alpha value is -2.55. The first-order valence-corrected chi connectivity index (χ1v) is 15.9. The van der Waals surface area contributed by atoms with Crippen molar-refractivity contribution in [3.63, 3.8) is 0 Å². The summed E-state index contributed by atoms with van der Waals surface area (Å²) in [6, 6.07) is 8.53. The number of nitrogens with two attached hydrogens (primary N) is 2. The topological polar surface area (TPSA) is 52.0 Å². The molecule has 0 spiro atoms. The molecule has 6 heteroatoms. The summed E-state index contributed by atoms with van der Waals surface area (Å²) in [6.45, 7) is 12.8. The maximum Gasteiger partial charge on any atom is 0.129 e. The molecule has 0 heterocycles. The average Bonchev–Trinajstić information content (AvgIpc) is 2.56. The number of hydrogen-bond acceptors (Lipinski definition) is 2. The molecule has 0 atom stereocenters. The summed E-state index contributed by atoms with van der Waals surface area (Å²) in [7, 11) is -2.84. The zero-order valence-corrected chi connectivity index (χ0v) is 19.4. The van der Waals surface area contributed by atoms with Crippen LogP contribution in [0.3, 0.4) is 0 Å². The van der Waals surface area contributed by atoms with Crippen LogP contribution in [0.25, 0.3) is 0 Å². The Balaban J connectivity index is 0.000000280. The van der Waals surface area contributed by atoms with E-state index in [1.165, 1.54) is 24.3 Å². The Bertz CT molecular complexity index is 871. The molecule has 0 saturated heterocycles. The van der Waals surface area contributed by atoms with Crippen molar-refractivity contribution in [1.29, 1.82) is 0 Å². The molecular formula is C22H28F2N2Si2. The lowest BCUT2D eigenvalue weighted by Crippen LogP contribution is -2.16. The zero-order chi connectivity index (χ0) is 21.5. The van der Waals surface area contributed by atoms with Crippen LogP contribution in [0.2, 0.25) is 39.3 Å². The van der Waals surface area contributed by atoms with Crippen molar-refractivity contribution < 1.29 is 8.78 Å².